The Bertz CT molecular complexity index is 412. The third-order valence-corrected chi connectivity index (χ3v) is 5.23. The van der Waals surface area contributed by atoms with Crippen molar-refractivity contribution in [1.82, 2.24) is 10.3 Å². The van der Waals surface area contributed by atoms with Crippen LogP contribution in [0.4, 0.5) is 5.13 Å². The molecule has 0 radical (unpaired) electrons. The molecule has 1 unspecified atom stereocenters. The molecule has 3 nitrogen and oxygen atoms in total. The van der Waals surface area contributed by atoms with Gasteiger partial charge in [-0.2, -0.15) is 0 Å². The van der Waals surface area contributed by atoms with Crippen LogP contribution in [-0.4, -0.2) is 23.6 Å². The fourth-order valence-corrected chi connectivity index (χ4v) is 3.67. The van der Waals surface area contributed by atoms with E-state index in [-0.39, 0.29) is 0 Å². The van der Waals surface area contributed by atoms with Crippen LogP contribution in [0, 0.1) is 0 Å². The van der Waals surface area contributed by atoms with Gasteiger partial charge >= 0.3 is 0 Å². The SMILES string of the molecule is CCCc1nc(N(CC)C(C)CC)sc1CNC1CC1. The molecular weight excluding hydrogens is 266 g/mol. The van der Waals surface area contributed by atoms with E-state index in [9.17, 15) is 0 Å². The van der Waals surface area contributed by atoms with Gasteiger partial charge in [-0.05, 0) is 39.5 Å². The Kier molecular flexibility index (Phi) is 5.85. The first kappa shape index (κ1) is 15.8. The topological polar surface area (TPSA) is 28.2 Å². The Morgan fingerprint density at radius 3 is 2.65 bits per heavy atom. The standard InChI is InChI=1S/C16H29N3S/c1-5-8-14-15(11-17-13-9-10-13)20-16(18-14)19(7-3)12(4)6-2/h12-13,17H,5-11H2,1-4H3. The highest BCUT2D eigenvalue weighted by Crippen LogP contribution is 2.30. The van der Waals surface area contributed by atoms with Gasteiger partial charge in [-0.3, -0.25) is 0 Å². The number of nitrogens with zero attached hydrogens (tertiary/aromatic N) is 2. The number of aryl methyl sites for hydroxylation is 1. The summed E-state index contributed by atoms with van der Waals surface area (Å²) in [6.07, 6.45) is 6.16. The summed E-state index contributed by atoms with van der Waals surface area (Å²) in [7, 11) is 0. The van der Waals surface area contributed by atoms with Crippen LogP contribution in [0.25, 0.3) is 0 Å². The van der Waals surface area contributed by atoms with Crippen molar-refractivity contribution in [2.45, 2.75) is 78.4 Å². The highest BCUT2D eigenvalue weighted by atomic mass is 32.1. The maximum atomic E-state index is 4.94. The number of hydrogen-bond donors (Lipinski definition) is 1. The Morgan fingerprint density at radius 2 is 2.10 bits per heavy atom. The molecule has 1 aromatic heterocycles. The Hall–Kier alpha value is -0.610. The van der Waals surface area contributed by atoms with Gasteiger partial charge in [0.05, 0.1) is 5.69 Å². The lowest BCUT2D eigenvalue weighted by Gasteiger charge is -2.26. The van der Waals surface area contributed by atoms with E-state index in [0.29, 0.717) is 6.04 Å². The van der Waals surface area contributed by atoms with Crippen LogP contribution in [0.3, 0.4) is 0 Å². The van der Waals surface area contributed by atoms with Crippen molar-refractivity contribution < 1.29 is 0 Å². The quantitative estimate of drug-likeness (QED) is 0.747. The van der Waals surface area contributed by atoms with Gasteiger partial charge < -0.3 is 10.2 Å². The summed E-state index contributed by atoms with van der Waals surface area (Å²) in [5.74, 6) is 0. The molecule has 1 saturated carbocycles. The molecule has 4 heteroatoms. The summed E-state index contributed by atoms with van der Waals surface area (Å²) < 4.78 is 0. The van der Waals surface area contributed by atoms with Crippen molar-refractivity contribution in [3.63, 3.8) is 0 Å². The zero-order valence-electron chi connectivity index (χ0n) is 13.4. The average Bonchev–Trinajstić information content (AvgIpc) is 3.20. The monoisotopic (exact) mass is 295 g/mol. The molecule has 1 aliphatic carbocycles. The van der Waals surface area contributed by atoms with Crippen LogP contribution in [-0.2, 0) is 13.0 Å². The number of rotatable bonds is 9. The number of hydrogen-bond acceptors (Lipinski definition) is 4. The molecule has 20 heavy (non-hydrogen) atoms. The number of thiazole rings is 1. The lowest BCUT2D eigenvalue weighted by Crippen LogP contribution is -2.32. The van der Waals surface area contributed by atoms with Gasteiger partial charge in [-0.15, -0.1) is 11.3 Å². The lowest BCUT2D eigenvalue weighted by molar-refractivity contribution is 0.627. The van der Waals surface area contributed by atoms with Crippen molar-refractivity contribution in [2.24, 2.45) is 0 Å². The summed E-state index contributed by atoms with van der Waals surface area (Å²) in [6, 6.07) is 1.34. The van der Waals surface area contributed by atoms with Crippen LogP contribution in [0.1, 0.15) is 63.9 Å². The minimum Gasteiger partial charge on any atom is -0.346 e. The Labute approximate surface area is 127 Å². The first-order valence-electron chi connectivity index (χ1n) is 8.18. The van der Waals surface area contributed by atoms with Gasteiger partial charge in [0.15, 0.2) is 5.13 Å². The van der Waals surface area contributed by atoms with E-state index < -0.39 is 0 Å². The lowest BCUT2D eigenvalue weighted by atomic mass is 10.2. The second kappa shape index (κ2) is 7.41. The van der Waals surface area contributed by atoms with Crippen LogP contribution in [0.5, 0.6) is 0 Å². The van der Waals surface area contributed by atoms with Gasteiger partial charge in [0, 0.05) is 30.1 Å². The molecule has 0 bridgehead atoms. The molecule has 0 saturated heterocycles. The molecule has 1 N–H and O–H groups in total. The van der Waals surface area contributed by atoms with E-state index >= 15 is 0 Å². The zero-order valence-corrected chi connectivity index (χ0v) is 14.2. The summed E-state index contributed by atoms with van der Waals surface area (Å²) in [6.45, 7) is 11.1. The van der Waals surface area contributed by atoms with Crippen LogP contribution < -0.4 is 10.2 Å². The molecule has 1 aliphatic rings. The second-order valence-electron chi connectivity index (χ2n) is 5.81. The van der Waals surface area contributed by atoms with Gasteiger partial charge in [0.1, 0.15) is 0 Å². The molecule has 1 heterocycles. The number of anilines is 1. The zero-order chi connectivity index (χ0) is 14.5. The summed E-state index contributed by atoms with van der Waals surface area (Å²) in [4.78, 5) is 8.85. The molecule has 0 aromatic carbocycles. The minimum atomic E-state index is 0.574. The normalized spacial score (nSPS) is 16.4. The molecule has 114 valence electrons. The predicted octanol–water partition coefficient (Wildman–Crippen LogP) is 3.97. The molecule has 1 fully saturated rings. The summed E-state index contributed by atoms with van der Waals surface area (Å²) >= 11 is 1.90. The molecule has 1 atom stereocenters. The Balaban J connectivity index is 2.12. The van der Waals surface area contributed by atoms with E-state index in [2.05, 4.69) is 37.9 Å². The number of aromatic nitrogens is 1. The predicted molar refractivity (Wildman–Crippen MR) is 88.7 cm³/mol. The number of nitrogens with one attached hydrogen (secondary N) is 1. The third-order valence-electron chi connectivity index (χ3n) is 4.09. The van der Waals surface area contributed by atoms with Gasteiger partial charge in [-0.25, -0.2) is 4.98 Å². The van der Waals surface area contributed by atoms with Crippen LogP contribution in [0.2, 0.25) is 0 Å². The molecule has 0 aliphatic heterocycles. The van der Waals surface area contributed by atoms with Gasteiger partial charge in [0.25, 0.3) is 0 Å². The minimum absolute atomic E-state index is 0.574. The molecule has 2 rings (SSSR count). The van der Waals surface area contributed by atoms with Gasteiger partial charge in [0.2, 0.25) is 0 Å². The van der Waals surface area contributed by atoms with Crippen molar-refractivity contribution in [3.8, 4) is 0 Å². The fraction of sp³-hybridized carbons (Fsp3) is 0.812. The maximum absolute atomic E-state index is 4.94. The van der Waals surface area contributed by atoms with E-state index in [1.807, 2.05) is 11.3 Å². The van der Waals surface area contributed by atoms with Crippen molar-refractivity contribution in [3.05, 3.63) is 10.6 Å². The summed E-state index contributed by atoms with van der Waals surface area (Å²) in [5, 5.41) is 4.86. The van der Waals surface area contributed by atoms with Crippen molar-refractivity contribution in [1.29, 1.82) is 0 Å². The largest absolute Gasteiger partial charge is 0.346 e. The highest BCUT2D eigenvalue weighted by molar-refractivity contribution is 7.15. The van der Waals surface area contributed by atoms with E-state index in [1.54, 1.807) is 0 Å². The second-order valence-corrected chi connectivity index (χ2v) is 6.88. The first-order chi connectivity index (χ1) is 9.69. The highest BCUT2D eigenvalue weighted by Gasteiger charge is 2.22. The van der Waals surface area contributed by atoms with E-state index in [4.69, 9.17) is 4.98 Å². The van der Waals surface area contributed by atoms with Crippen molar-refractivity contribution in [2.75, 3.05) is 11.4 Å². The molecular formula is C16H29N3S. The van der Waals surface area contributed by atoms with Crippen LogP contribution in [0.15, 0.2) is 0 Å². The summed E-state index contributed by atoms with van der Waals surface area (Å²) in [5.41, 5.74) is 1.32. The maximum Gasteiger partial charge on any atom is 0.186 e. The average molecular weight is 295 g/mol. The molecule has 0 spiro atoms. The van der Waals surface area contributed by atoms with E-state index in [1.165, 1.54) is 41.4 Å². The smallest absolute Gasteiger partial charge is 0.186 e. The van der Waals surface area contributed by atoms with Gasteiger partial charge in [-0.1, -0.05) is 20.3 Å². The third kappa shape index (κ3) is 3.95. The molecule has 1 aromatic rings. The Morgan fingerprint density at radius 1 is 1.35 bits per heavy atom. The van der Waals surface area contributed by atoms with Crippen LogP contribution >= 0.6 is 11.3 Å². The van der Waals surface area contributed by atoms with E-state index in [0.717, 1.165) is 25.6 Å². The fourth-order valence-electron chi connectivity index (χ4n) is 2.44. The molecule has 0 amide bonds. The first-order valence-corrected chi connectivity index (χ1v) is 8.99. The van der Waals surface area contributed by atoms with Crippen molar-refractivity contribution >= 4 is 16.5 Å².